The molecule has 3 fully saturated rings. The number of benzene rings is 1. The predicted molar refractivity (Wildman–Crippen MR) is 108 cm³/mol. The molecule has 3 aliphatic heterocycles. The van der Waals surface area contributed by atoms with Gasteiger partial charge in [-0.25, -0.2) is 8.42 Å². The highest BCUT2D eigenvalue weighted by atomic mass is 32.2. The van der Waals surface area contributed by atoms with Crippen molar-refractivity contribution in [2.45, 2.75) is 49.7 Å². The maximum Gasteiger partial charge on any atom is 0.243 e. The van der Waals surface area contributed by atoms with E-state index in [1.165, 1.54) is 0 Å². The lowest BCUT2D eigenvalue weighted by molar-refractivity contribution is -0.120. The number of aryl methyl sites for hydroxylation is 1. The third kappa shape index (κ3) is 3.75. The third-order valence-electron chi connectivity index (χ3n) is 6.85. The highest BCUT2D eigenvalue weighted by molar-refractivity contribution is 7.89. The molecule has 0 N–H and O–H groups in total. The molecule has 3 saturated heterocycles. The largest absolute Gasteiger partial charge is 0.376 e. The Labute approximate surface area is 168 Å². The second kappa shape index (κ2) is 7.36. The highest BCUT2D eigenvalue weighted by Gasteiger charge is 2.46. The highest BCUT2D eigenvalue weighted by Crippen LogP contribution is 2.43. The maximum atomic E-state index is 13.0. The van der Waals surface area contributed by atoms with Crippen LogP contribution < -0.4 is 0 Å². The molecule has 1 spiro atoms. The zero-order valence-electron chi connectivity index (χ0n) is 17.2. The van der Waals surface area contributed by atoms with Crippen LogP contribution in [-0.2, 0) is 19.5 Å². The van der Waals surface area contributed by atoms with Crippen molar-refractivity contribution < 1.29 is 17.9 Å². The number of piperidine rings is 1. The molecule has 7 heteroatoms. The summed E-state index contributed by atoms with van der Waals surface area (Å²) in [4.78, 5) is 2.83. The fraction of sp³-hybridized carbons (Fsp3) is 0.714. The van der Waals surface area contributed by atoms with Crippen molar-refractivity contribution in [3.05, 3.63) is 29.8 Å². The molecule has 3 heterocycles. The molecule has 0 radical (unpaired) electrons. The van der Waals surface area contributed by atoms with Crippen LogP contribution >= 0.6 is 0 Å². The molecule has 1 atom stereocenters. The molecular formula is C21H32N2O4S. The first-order chi connectivity index (χ1) is 13.3. The summed E-state index contributed by atoms with van der Waals surface area (Å²) < 4.78 is 39.4. The van der Waals surface area contributed by atoms with Crippen molar-refractivity contribution in [3.8, 4) is 0 Å². The lowest BCUT2D eigenvalue weighted by Crippen LogP contribution is -2.62. The molecule has 0 aromatic heterocycles. The van der Waals surface area contributed by atoms with Crippen molar-refractivity contribution in [2.24, 2.45) is 5.41 Å². The molecule has 1 aromatic rings. The molecule has 156 valence electrons. The number of nitrogens with zero attached hydrogens (tertiary/aromatic N) is 2. The van der Waals surface area contributed by atoms with Gasteiger partial charge in [0.15, 0.2) is 0 Å². The summed E-state index contributed by atoms with van der Waals surface area (Å²) in [6.45, 7) is 8.79. The number of sulfonamides is 1. The van der Waals surface area contributed by atoms with Gasteiger partial charge in [0.1, 0.15) is 0 Å². The fourth-order valence-corrected chi connectivity index (χ4v) is 6.66. The van der Waals surface area contributed by atoms with Crippen molar-refractivity contribution in [3.63, 3.8) is 0 Å². The zero-order valence-corrected chi connectivity index (χ0v) is 18.0. The van der Waals surface area contributed by atoms with Crippen LogP contribution in [0.3, 0.4) is 0 Å². The van der Waals surface area contributed by atoms with Gasteiger partial charge in [-0.05, 0) is 50.2 Å². The maximum absolute atomic E-state index is 13.0. The second-order valence-electron chi connectivity index (χ2n) is 9.13. The van der Waals surface area contributed by atoms with Crippen LogP contribution in [0.25, 0.3) is 0 Å². The van der Waals surface area contributed by atoms with Crippen molar-refractivity contribution in [1.82, 2.24) is 9.21 Å². The first kappa shape index (κ1) is 20.3. The molecular weight excluding hydrogens is 376 g/mol. The molecule has 0 unspecified atom stereocenters. The van der Waals surface area contributed by atoms with Crippen molar-refractivity contribution in [2.75, 3.05) is 46.4 Å². The first-order valence-corrected chi connectivity index (χ1v) is 11.6. The van der Waals surface area contributed by atoms with Gasteiger partial charge in [-0.1, -0.05) is 18.2 Å². The van der Waals surface area contributed by atoms with E-state index >= 15 is 0 Å². The van der Waals surface area contributed by atoms with E-state index in [9.17, 15) is 8.42 Å². The lowest BCUT2D eigenvalue weighted by Gasteiger charge is -2.47. The average molecular weight is 409 g/mol. The Hall–Kier alpha value is -0.990. The van der Waals surface area contributed by atoms with Gasteiger partial charge in [-0.3, -0.25) is 4.90 Å². The van der Waals surface area contributed by atoms with Gasteiger partial charge in [0.05, 0.1) is 23.2 Å². The Morgan fingerprint density at radius 3 is 2.54 bits per heavy atom. The molecule has 3 aliphatic rings. The molecule has 28 heavy (non-hydrogen) atoms. The van der Waals surface area contributed by atoms with Crippen LogP contribution in [0.1, 0.15) is 31.7 Å². The standard InChI is InChI=1S/C21H32N2O4S/c1-17-6-4-5-7-19(17)28(24,25)23-10-8-21(9-11-23)12-18(27-16-21)13-22-14-20(2,15-22)26-3/h4-7,18H,8-16H2,1-3H3/t18-/m1/s1. The number of rotatable bonds is 5. The summed E-state index contributed by atoms with van der Waals surface area (Å²) in [5, 5.41) is 0. The number of hydrogen-bond acceptors (Lipinski definition) is 5. The van der Waals surface area contributed by atoms with Crippen LogP contribution in [0.2, 0.25) is 0 Å². The number of hydrogen-bond donors (Lipinski definition) is 0. The quantitative estimate of drug-likeness (QED) is 0.748. The molecule has 0 aliphatic carbocycles. The van der Waals surface area contributed by atoms with Crippen LogP contribution in [0.5, 0.6) is 0 Å². The van der Waals surface area contributed by atoms with Gasteiger partial charge in [-0.2, -0.15) is 4.31 Å². The van der Waals surface area contributed by atoms with E-state index in [1.54, 1.807) is 23.5 Å². The topological polar surface area (TPSA) is 59.1 Å². The van der Waals surface area contributed by atoms with E-state index in [1.807, 2.05) is 19.1 Å². The smallest absolute Gasteiger partial charge is 0.243 e. The monoisotopic (exact) mass is 408 g/mol. The van der Waals surface area contributed by atoms with Gasteiger partial charge >= 0.3 is 0 Å². The SMILES string of the molecule is COC1(C)CN(C[C@H]2CC3(CCN(S(=O)(=O)c4ccccc4C)CC3)CO2)C1. The second-order valence-corrected chi connectivity index (χ2v) is 11.0. The predicted octanol–water partition coefficient (Wildman–Crippen LogP) is 2.28. The number of ether oxygens (including phenoxy) is 2. The van der Waals surface area contributed by atoms with Gasteiger partial charge in [-0.15, -0.1) is 0 Å². The summed E-state index contributed by atoms with van der Waals surface area (Å²) in [5.74, 6) is 0. The minimum absolute atomic E-state index is 0.00837. The van der Waals surface area contributed by atoms with Crippen LogP contribution in [0.15, 0.2) is 29.2 Å². The lowest BCUT2D eigenvalue weighted by atomic mass is 9.77. The van der Waals surface area contributed by atoms with Gasteiger partial charge in [0, 0.05) is 39.8 Å². The van der Waals surface area contributed by atoms with Crippen molar-refractivity contribution in [1.29, 1.82) is 0 Å². The Balaban J connectivity index is 1.33. The normalized spacial score (nSPS) is 27.8. The van der Waals surface area contributed by atoms with Crippen molar-refractivity contribution >= 4 is 10.0 Å². The summed E-state index contributed by atoms with van der Waals surface area (Å²) in [6, 6.07) is 7.25. The Morgan fingerprint density at radius 2 is 1.89 bits per heavy atom. The van der Waals surface area contributed by atoms with E-state index in [4.69, 9.17) is 9.47 Å². The molecule has 4 rings (SSSR count). The van der Waals surface area contributed by atoms with E-state index in [2.05, 4.69) is 11.8 Å². The summed E-state index contributed by atoms with van der Waals surface area (Å²) in [6.07, 6.45) is 3.04. The van der Waals surface area contributed by atoms with Gasteiger partial charge < -0.3 is 9.47 Å². The van der Waals surface area contributed by atoms with Gasteiger partial charge in [0.25, 0.3) is 0 Å². The van der Waals surface area contributed by atoms with E-state index in [0.29, 0.717) is 18.0 Å². The number of likely N-dealkylation sites (tertiary alicyclic amines) is 1. The third-order valence-corrected chi connectivity index (χ3v) is 8.91. The molecule has 1 aromatic carbocycles. The Bertz CT molecular complexity index is 811. The van der Waals surface area contributed by atoms with Crippen LogP contribution in [0, 0.1) is 12.3 Å². The Morgan fingerprint density at radius 1 is 1.21 bits per heavy atom. The van der Waals surface area contributed by atoms with Gasteiger partial charge in [0.2, 0.25) is 10.0 Å². The fourth-order valence-electron chi connectivity index (χ4n) is 4.99. The summed E-state index contributed by atoms with van der Waals surface area (Å²) >= 11 is 0. The minimum Gasteiger partial charge on any atom is -0.376 e. The molecule has 6 nitrogen and oxygen atoms in total. The average Bonchev–Trinajstić information content (AvgIpc) is 3.03. The van der Waals surface area contributed by atoms with E-state index in [-0.39, 0.29) is 17.1 Å². The van der Waals surface area contributed by atoms with Crippen LogP contribution in [-0.4, -0.2) is 75.8 Å². The molecule has 0 amide bonds. The molecule has 0 saturated carbocycles. The minimum atomic E-state index is -3.41. The Kier molecular flexibility index (Phi) is 5.33. The number of methoxy groups -OCH3 is 1. The van der Waals surface area contributed by atoms with Crippen LogP contribution in [0.4, 0.5) is 0 Å². The van der Waals surface area contributed by atoms with E-state index < -0.39 is 10.0 Å². The summed E-state index contributed by atoms with van der Waals surface area (Å²) in [5.41, 5.74) is 0.938. The summed E-state index contributed by atoms with van der Waals surface area (Å²) in [7, 11) is -1.64. The molecule has 0 bridgehead atoms. The van der Waals surface area contributed by atoms with E-state index in [0.717, 1.165) is 51.1 Å². The zero-order chi connectivity index (χ0) is 20.0. The first-order valence-electron chi connectivity index (χ1n) is 10.2.